The van der Waals surface area contributed by atoms with Gasteiger partial charge in [-0.2, -0.15) is 4.31 Å². The van der Waals surface area contributed by atoms with Crippen molar-refractivity contribution in [2.45, 2.75) is 25.2 Å². The monoisotopic (exact) mass is 339 g/mol. The molecule has 2 aliphatic heterocycles. The maximum Gasteiger partial charge on any atom is 0.244 e. The summed E-state index contributed by atoms with van der Waals surface area (Å²) in [6.07, 6.45) is 2.73. The number of hydrogen-bond donors (Lipinski definition) is 0. The highest BCUT2D eigenvalue weighted by Crippen LogP contribution is 2.26. The van der Waals surface area contributed by atoms with Crippen LogP contribution in [0.25, 0.3) is 0 Å². The van der Waals surface area contributed by atoms with Crippen LogP contribution in [0.1, 0.15) is 20.3 Å². The van der Waals surface area contributed by atoms with Gasteiger partial charge in [-0.3, -0.25) is 0 Å². The Bertz CT molecular complexity index is 616. The smallest absolute Gasteiger partial charge is 0.244 e. The number of pyridine rings is 1. The van der Waals surface area contributed by atoms with Gasteiger partial charge in [0.05, 0.1) is 13.2 Å². The number of anilines is 1. The molecule has 3 heterocycles. The molecule has 0 aromatic carbocycles. The highest BCUT2D eigenvalue weighted by Gasteiger charge is 2.27. The average Bonchev–Trinajstić information content (AvgIpc) is 2.55. The molecule has 2 aliphatic rings. The molecule has 1 aromatic rings. The van der Waals surface area contributed by atoms with Crippen molar-refractivity contribution in [2.75, 3.05) is 44.3 Å². The van der Waals surface area contributed by atoms with Crippen LogP contribution >= 0.6 is 0 Å². The van der Waals surface area contributed by atoms with Crippen molar-refractivity contribution < 1.29 is 13.2 Å². The fourth-order valence-electron chi connectivity index (χ4n) is 3.50. The van der Waals surface area contributed by atoms with E-state index in [1.807, 2.05) is 6.07 Å². The van der Waals surface area contributed by atoms with Crippen LogP contribution in [0.2, 0.25) is 0 Å². The second-order valence-corrected chi connectivity index (χ2v) is 8.66. The van der Waals surface area contributed by atoms with Gasteiger partial charge in [0, 0.05) is 32.4 Å². The minimum absolute atomic E-state index is 0.265. The number of ether oxygens (including phenoxy) is 1. The van der Waals surface area contributed by atoms with Crippen LogP contribution in [0.15, 0.2) is 23.2 Å². The van der Waals surface area contributed by atoms with Crippen LogP contribution in [0.4, 0.5) is 5.82 Å². The topological polar surface area (TPSA) is 62.7 Å². The van der Waals surface area contributed by atoms with Gasteiger partial charge in [0.1, 0.15) is 10.7 Å². The maximum absolute atomic E-state index is 12.6. The summed E-state index contributed by atoms with van der Waals surface area (Å²) in [5.41, 5.74) is 0. The predicted octanol–water partition coefficient (Wildman–Crippen LogP) is 1.58. The van der Waals surface area contributed by atoms with E-state index in [-0.39, 0.29) is 4.90 Å². The predicted molar refractivity (Wildman–Crippen MR) is 89.0 cm³/mol. The normalized spacial score (nSPS) is 27.1. The molecule has 6 nitrogen and oxygen atoms in total. The maximum atomic E-state index is 12.6. The van der Waals surface area contributed by atoms with E-state index >= 15 is 0 Å². The Balaban J connectivity index is 1.76. The van der Waals surface area contributed by atoms with Crippen molar-refractivity contribution in [2.24, 2.45) is 11.8 Å². The third-order valence-electron chi connectivity index (χ3n) is 4.52. The molecule has 0 aliphatic carbocycles. The van der Waals surface area contributed by atoms with Gasteiger partial charge >= 0.3 is 0 Å². The summed E-state index contributed by atoms with van der Waals surface area (Å²) in [6.45, 7) is 8.18. The summed E-state index contributed by atoms with van der Waals surface area (Å²) >= 11 is 0. The van der Waals surface area contributed by atoms with Gasteiger partial charge < -0.3 is 9.64 Å². The quantitative estimate of drug-likeness (QED) is 0.837. The first-order chi connectivity index (χ1) is 11.0. The Labute approximate surface area is 138 Å². The van der Waals surface area contributed by atoms with Crippen molar-refractivity contribution in [3.8, 4) is 0 Å². The summed E-state index contributed by atoms with van der Waals surface area (Å²) in [5, 5.41) is 0. The molecule has 0 radical (unpaired) electrons. The molecule has 0 N–H and O–H groups in total. The van der Waals surface area contributed by atoms with E-state index in [2.05, 4.69) is 23.7 Å². The fourth-order valence-corrected chi connectivity index (χ4v) is 4.85. The van der Waals surface area contributed by atoms with Crippen molar-refractivity contribution in [1.29, 1.82) is 0 Å². The number of aromatic nitrogens is 1. The zero-order valence-corrected chi connectivity index (χ0v) is 14.6. The first-order valence-electron chi connectivity index (χ1n) is 8.25. The van der Waals surface area contributed by atoms with Crippen LogP contribution in [-0.2, 0) is 14.8 Å². The molecular weight excluding hydrogens is 314 g/mol. The third kappa shape index (κ3) is 3.67. The third-order valence-corrected chi connectivity index (χ3v) is 6.40. The number of piperidine rings is 1. The second-order valence-electron chi connectivity index (χ2n) is 6.72. The Morgan fingerprint density at radius 2 is 1.78 bits per heavy atom. The highest BCUT2D eigenvalue weighted by molar-refractivity contribution is 7.89. The van der Waals surface area contributed by atoms with Crippen LogP contribution in [0.5, 0.6) is 0 Å². The molecule has 23 heavy (non-hydrogen) atoms. The van der Waals surface area contributed by atoms with Gasteiger partial charge in [0.2, 0.25) is 10.0 Å². The molecule has 7 heteroatoms. The lowest BCUT2D eigenvalue weighted by atomic mass is 9.92. The zero-order valence-electron chi connectivity index (χ0n) is 13.8. The molecule has 3 rings (SSSR count). The van der Waals surface area contributed by atoms with Gasteiger partial charge in [0.15, 0.2) is 0 Å². The van der Waals surface area contributed by atoms with Crippen molar-refractivity contribution in [1.82, 2.24) is 9.29 Å². The number of sulfonamides is 1. The number of morpholine rings is 1. The van der Waals surface area contributed by atoms with E-state index in [1.54, 1.807) is 6.07 Å². The molecule has 0 saturated carbocycles. The summed E-state index contributed by atoms with van der Waals surface area (Å²) in [5.74, 6) is 2.14. The van der Waals surface area contributed by atoms with Gasteiger partial charge in [-0.25, -0.2) is 13.4 Å². The van der Waals surface area contributed by atoms with Crippen molar-refractivity contribution in [3.63, 3.8) is 0 Å². The summed E-state index contributed by atoms with van der Waals surface area (Å²) in [4.78, 5) is 6.94. The first kappa shape index (κ1) is 16.7. The number of rotatable bonds is 3. The van der Waals surface area contributed by atoms with E-state index in [0.717, 1.165) is 18.9 Å². The van der Waals surface area contributed by atoms with Gasteiger partial charge in [-0.05, 0) is 30.4 Å². The lowest BCUT2D eigenvalue weighted by Gasteiger charge is -2.35. The Kier molecular flexibility index (Phi) is 4.89. The largest absolute Gasteiger partial charge is 0.379 e. The summed E-state index contributed by atoms with van der Waals surface area (Å²) in [7, 11) is -3.46. The molecule has 0 spiro atoms. The standard InChI is InChI=1S/C16H25N3O3S/c1-13-9-14(2)12-18(11-13)16-4-3-15(10-17-16)23(20,21)19-5-7-22-8-6-19/h3-4,10,13-14H,5-9,11-12H2,1-2H3/t13-,14-/m1/s1. The Morgan fingerprint density at radius 1 is 1.13 bits per heavy atom. The lowest BCUT2D eigenvalue weighted by molar-refractivity contribution is 0.0730. The number of hydrogen-bond acceptors (Lipinski definition) is 5. The average molecular weight is 339 g/mol. The summed E-state index contributed by atoms with van der Waals surface area (Å²) in [6, 6.07) is 3.51. The van der Waals surface area contributed by atoms with Gasteiger partial charge in [0.25, 0.3) is 0 Å². The van der Waals surface area contributed by atoms with Crippen LogP contribution in [-0.4, -0.2) is 57.1 Å². The molecule has 0 amide bonds. The Morgan fingerprint density at radius 3 is 2.35 bits per heavy atom. The molecular formula is C16H25N3O3S. The minimum Gasteiger partial charge on any atom is -0.379 e. The van der Waals surface area contributed by atoms with E-state index in [1.165, 1.54) is 16.9 Å². The molecule has 128 valence electrons. The molecule has 2 atom stereocenters. The minimum atomic E-state index is -3.46. The zero-order chi connectivity index (χ0) is 16.4. The van der Waals surface area contributed by atoms with E-state index in [4.69, 9.17) is 4.74 Å². The van der Waals surface area contributed by atoms with Crippen molar-refractivity contribution in [3.05, 3.63) is 18.3 Å². The molecule has 0 unspecified atom stereocenters. The molecule has 0 bridgehead atoms. The van der Waals surface area contributed by atoms with E-state index in [0.29, 0.717) is 38.1 Å². The molecule has 2 fully saturated rings. The first-order valence-corrected chi connectivity index (χ1v) is 9.69. The van der Waals surface area contributed by atoms with Crippen LogP contribution in [0, 0.1) is 11.8 Å². The lowest BCUT2D eigenvalue weighted by Crippen LogP contribution is -2.41. The van der Waals surface area contributed by atoms with E-state index in [9.17, 15) is 8.42 Å². The van der Waals surface area contributed by atoms with E-state index < -0.39 is 10.0 Å². The summed E-state index contributed by atoms with van der Waals surface area (Å²) < 4.78 is 31.9. The van der Waals surface area contributed by atoms with Gasteiger partial charge in [-0.1, -0.05) is 13.8 Å². The second kappa shape index (κ2) is 6.75. The number of nitrogens with zero attached hydrogens (tertiary/aromatic N) is 3. The Hall–Kier alpha value is -1.18. The van der Waals surface area contributed by atoms with Gasteiger partial charge in [-0.15, -0.1) is 0 Å². The van der Waals surface area contributed by atoms with Crippen LogP contribution < -0.4 is 4.90 Å². The SMILES string of the molecule is C[C@@H]1C[C@@H](C)CN(c2ccc(S(=O)(=O)N3CCOCC3)cn2)C1. The highest BCUT2D eigenvalue weighted by atomic mass is 32.2. The van der Waals surface area contributed by atoms with Crippen LogP contribution in [0.3, 0.4) is 0 Å². The van der Waals surface area contributed by atoms with Crippen molar-refractivity contribution >= 4 is 15.8 Å². The molecule has 2 saturated heterocycles. The molecule has 1 aromatic heterocycles. The fraction of sp³-hybridized carbons (Fsp3) is 0.688.